The monoisotopic (exact) mass is 368 g/mol. The summed E-state index contributed by atoms with van der Waals surface area (Å²) in [6, 6.07) is 8.52. The minimum atomic E-state index is -3.66. The van der Waals surface area contributed by atoms with Crippen LogP contribution in [0.1, 0.15) is 11.3 Å². The van der Waals surface area contributed by atoms with Gasteiger partial charge in [0.05, 0.1) is 29.4 Å². The highest BCUT2D eigenvalue weighted by Crippen LogP contribution is 2.27. The smallest absolute Gasteiger partial charge is 0.240 e. The van der Waals surface area contributed by atoms with Crippen molar-refractivity contribution in [3.63, 3.8) is 0 Å². The highest BCUT2D eigenvalue weighted by molar-refractivity contribution is 7.89. The highest BCUT2D eigenvalue weighted by Gasteiger charge is 2.20. The van der Waals surface area contributed by atoms with Crippen LogP contribution >= 0.6 is 0 Å². The zero-order valence-electron chi connectivity index (χ0n) is 13.8. The standard InChI is InChI=1S/C18H16N4O3S/c23-26(24,15-1-2-17-14(11-15)5-10-25-17)22-12-16-18(21-9-8-20-16)13-3-6-19-7-4-13/h1-4,6-9,11,22H,5,10,12H2. The molecule has 0 radical (unpaired) electrons. The van der Waals surface area contributed by atoms with Crippen LogP contribution in [0.15, 0.2) is 60.0 Å². The summed E-state index contributed by atoms with van der Waals surface area (Å²) >= 11 is 0. The fourth-order valence-electron chi connectivity index (χ4n) is 2.82. The second-order valence-electron chi connectivity index (χ2n) is 5.78. The van der Waals surface area contributed by atoms with Gasteiger partial charge in [-0.15, -0.1) is 0 Å². The Hall–Kier alpha value is -2.84. The molecule has 4 rings (SSSR count). The van der Waals surface area contributed by atoms with Crippen molar-refractivity contribution in [3.05, 3.63) is 66.4 Å². The SMILES string of the molecule is O=S(=O)(NCc1nccnc1-c1ccncc1)c1ccc2c(c1)CCO2. The van der Waals surface area contributed by atoms with Crippen LogP contribution in [-0.2, 0) is 23.0 Å². The number of aromatic nitrogens is 3. The van der Waals surface area contributed by atoms with Crippen LogP contribution in [0.3, 0.4) is 0 Å². The summed E-state index contributed by atoms with van der Waals surface area (Å²) in [6.45, 7) is 0.628. The third-order valence-electron chi connectivity index (χ3n) is 4.13. The molecule has 0 fully saturated rings. The first kappa shape index (κ1) is 16.6. The van der Waals surface area contributed by atoms with E-state index in [2.05, 4.69) is 19.7 Å². The summed E-state index contributed by atoms with van der Waals surface area (Å²) in [7, 11) is -3.66. The van der Waals surface area contributed by atoms with Gasteiger partial charge in [0.25, 0.3) is 0 Å². The Balaban J connectivity index is 1.58. The number of rotatable bonds is 5. The van der Waals surface area contributed by atoms with Gasteiger partial charge in [-0.25, -0.2) is 13.1 Å². The van der Waals surface area contributed by atoms with Gasteiger partial charge in [-0.05, 0) is 35.9 Å². The minimum Gasteiger partial charge on any atom is -0.493 e. The van der Waals surface area contributed by atoms with E-state index in [1.165, 1.54) is 0 Å². The molecule has 0 spiro atoms. The predicted octanol–water partition coefficient (Wildman–Crippen LogP) is 1.95. The van der Waals surface area contributed by atoms with Crippen LogP contribution in [0.4, 0.5) is 0 Å². The van der Waals surface area contributed by atoms with Gasteiger partial charge in [0, 0.05) is 36.8 Å². The van der Waals surface area contributed by atoms with E-state index in [0.717, 1.165) is 23.3 Å². The van der Waals surface area contributed by atoms with Gasteiger partial charge < -0.3 is 4.74 Å². The minimum absolute atomic E-state index is 0.0431. The Morgan fingerprint density at radius 2 is 1.85 bits per heavy atom. The van der Waals surface area contributed by atoms with E-state index in [4.69, 9.17) is 4.74 Å². The van der Waals surface area contributed by atoms with Crippen LogP contribution in [0.5, 0.6) is 5.75 Å². The first-order valence-electron chi connectivity index (χ1n) is 8.09. The van der Waals surface area contributed by atoms with Crippen LogP contribution in [0.25, 0.3) is 11.3 Å². The number of hydrogen-bond acceptors (Lipinski definition) is 6. The molecule has 0 unspecified atom stereocenters. The van der Waals surface area contributed by atoms with Crippen molar-refractivity contribution in [2.24, 2.45) is 0 Å². The maximum absolute atomic E-state index is 12.6. The fourth-order valence-corrected chi connectivity index (χ4v) is 3.86. The second-order valence-corrected chi connectivity index (χ2v) is 7.55. The van der Waals surface area contributed by atoms with E-state index in [0.29, 0.717) is 18.0 Å². The molecule has 2 aromatic heterocycles. The van der Waals surface area contributed by atoms with Crippen molar-refractivity contribution >= 4 is 10.0 Å². The number of ether oxygens (including phenoxy) is 1. The molecule has 1 aliphatic rings. The third kappa shape index (κ3) is 3.29. The number of nitrogens with zero attached hydrogens (tertiary/aromatic N) is 3. The molecule has 132 valence electrons. The average Bonchev–Trinajstić information content (AvgIpc) is 3.15. The summed E-state index contributed by atoms with van der Waals surface area (Å²) in [6.07, 6.45) is 7.15. The molecule has 0 atom stereocenters. The molecule has 0 saturated carbocycles. The van der Waals surface area contributed by atoms with Gasteiger partial charge in [-0.1, -0.05) is 0 Å². The van der Waals surface area contributed by atoms with Crippen LogP contribution in [0, 0.1) is 0 Å². The molecule has 1 aromatic carbocycles. The van der Waals surface area contributed by atoms with Crippen molar-refractivity contribution < 1.29 is 13.2 Å². The molecular formula is C18H16N4O3S. The number of benzene rings is 1. The van der Waals surface area contributed by atoms with Crippen molar-refractivity contribution in [1.29, 1.82) is 0 Å². The van der Waals surface area contributed by atoms with Crippen molar-refractivity contribution in [3.8, 4) is 17.0 Å². The number of pyridine rings is 1. The number of fused-ring (bicyclic) bond motifs is 1. The normalized spacial score (nSPS) is 13.2. The number of sulfonamides is 1. The first-order chi connectivity index (χ1) is 12.6. The van der Waals surface area contributed by atoms with Gasteiger partial charge in [0.2, 0.25) is 10.0 Å². The molecule has 3 heterocycles. The summed E-state index contributed by atoms with van der Waals surface area (Å²) in [5.74, 6) is 0.748. The average molecular weight is 368 g/mol. The Kier molecular flexibility index (Phi) is 4.36. The zero-order chi connectivity index (χ0) is 18.0. The summed E-state index contributed by atoms with van der Waals surface area (Å²) in [4.78, 5) is 12.8. The molecule has 0 saturated heterocycles. The first-order valence-corrected chi connectivity index (χ1v) is 9.57. The van der Waals surface area contributed by atoms with E-state index in [1.54, 1.807) is 43.0 Å². The lowest BCUT2D eigenvalue weighted by Crippen LogP contribution is -2.24. The van der Waals surface area contributed by atoms with Gasteiger partial charge in [0.1, 0.15) is 5.75 Å². The molecule has 1 aliphatic heterocycles. The molecule has 7 nitrogen and oxygen atoms in total. The summed E-state index contributed by atoms with van der Waals surface area (Å²) in [5, 5.41) is 0. The van der Waals surface area contributed by atoms with Gasteiger partial charge in [-0.2, -0.15) is 0 Å². The molecule has 0 aliphatic carbocycles. The molecule has 0 amide bonds. The van der Waals surface area contributed by atoms with Gasteiger partial charge in [0.15, 0.2) is 0 Å². The topological polar surface area (TPSA) is 94.1 Å². The molecule has 0 bridgehead atoms. The lowest BCUT2D eigenvalue weighted by molar-refractivity contribution is 0.356. The molecule has 3 aromatic rings. The maximum Gasteiger partial charge on any atom is 0.240 e. The summed E-state index contributed by atoms with van der Waals surface area (Å²) in [5.41, 5.74) is 2.91. The quantitative estimate of drug-likeness (QED) is 0.740. The van der Waals surface area contributed by atoms with E-state index < -0.39 is 10.0 Å². The molecular weight excluding hydrogens is 352 g/mol. The Morgan fingerprint density at radius 1 is 1.04 bits per heavy atom. The zero-order valence-corrected chi connectivity index (χ0v) is 14.6. The van der Waals surface area contributed by atoms with Crippen molar-refractivity contribution in [2.45, 2.75) is 17.9 Å². The highest BCUT2D eigenvalue weighted by atomic mass is 32.2. The Morgan fingerprint density at radius 3 is 2.69 bits per heavy atom. The van der Waals surface area contributed by atoms with Crippen molar-refractivity contribution in [1.82, 2.24) is 19.7 Å². The van der Waals surface area contributed by atoms with Crippen LogP contribution < -0.4 is 9.46 Å². The van der Waals surface area contributed by atoms with E-state index >= 15 is 0 Å². The van der Waals surface area contributed by atoms with E-state index in [9.17, 15) is 8.42 Å². The van der Waals surface area contributed by atoms with Crippen LogP contribution in [-0.4, -0.2) is 30.0 Å². The van der Waals surface area contributed by atoms with Crippen molar-refractivity contribution in [2.75, 3.05) is 6.61 Å². The third-order valence-corrected chi connectivity index (χ3v) is 5.53. The molecule has 1 N–H and O–H groups in total. The molecule has 8 heteroatoms. The van der Waals surface area contributed by atoms with E-state index in [-0.39, 0.29) is 11.4 Å². The lowest BCUT2D eigenvalue weighted by atomic mass is 10.1. The van der Waals surface area contributed by atoms with Gasteiger partial charge >= 0.3 is 0 Å². The largest absolute Gasteiger partial charge is 0.493 e. The summed E-state index contributed by atoms with van der Waals surface area (Å²) < 4.78 is 33.3. The van der Waals surface area contributed by atoms with Gasteiger partial charge in [-0.3, -0.25) is 15.0 Å². The maximum atomic E-state index is 12.6. The van der Waals surface area contributed by atoms with Crippen LogP contribution in [0.2, 0.25) is 0 Å². The lowest BCUT2D eigenvalue weighted by Gasteiger charge is -2.10. The Bertz CT molecular complexity index is 1040. The predicted molar refractivity (Wildman–Crippen MR) is 94.9 cm³/mol. The Labute approximate surface area is 151 Å². The second kappa shape index (κ2) is 6.81. The number of nitrogens with one attached hydrogen (secondary N) is 1. The van der Waals surface area contributed by atoms with E-state index in [1.807, 2.05) is 12.1 Å². The molecule has 26 heavy (non-hydrogen) atoms. The number of hydrogen-bond donors (Lipinski definition) is 1. The fraction of sp³-hybridized carbons (Fsp3) is 0.167.